The van der Waals surface area contributed by atoms with Gasteiger partial charge >= 0.3 is 77.8 Å². The molecule has 0 bridgehead atoms. The summed E-state index contributed by atoms with van der Waals surface area (Å²) in [5.74, 6) is 0. The van der Waals surface area contributed by atoms with Gasteiger partial charge in [0.25, 0.3) is 0 Å². The van der Waals surface area contributed by atoms with Crippen molar-refractivity contribution in [3.63, 3.8) is 0 Å². The summed E-state index contributed by atoms with van der Waals surface area (Å²) >= 11 is 4.42. The van der Waals surface area contributed by atoms with Gasteiger partial charge in [0, 0.05) is 0 Å². The predicted molar refractivity (Wildman–Crippen MR) is 57.3 cm³/mol. The van der Waals surface area contributed by atoms with Gasteiger partial charge in [-0.15, -0.1) is 0 Å². The molecule has 0 radical (unpaired) electrons. The van der Waals surface area contributed by atoms with Gasteiger partial charge < -0.3 is 0 Å². The average Bonchev–Trinajstić information content (AvgIpc) is 2.04. The van der Waals surface area contributed by atoms with Gasteiger partial charge in [-0.2, -0.15) is 0 Å². The van der Waals surface area contributed by atoms with Crippen LogP contribution in [-0.4, -0.2) is 6.91 Å². The Labute approximate surface area is 78.2 Å². The summed E-state index contributed by atoms with van der Waals surface area (Å²) in [4.78, 5) is 1.06. The Bertz CT molecular complexity index is 423. The first-order valence-corrected chi connectivity index (χ1v) is 4.40. The monoisotopic (exact) mass is 172 g/mol. The van der Waals surface area contributed by atoms with Gasteiger partial charge in [-0.3, -0.25) is 0 Å². The first-order chi connectivity index (χ1) is 5.77. The number of hydrogen-bond acceptors (Lipinski definition) is 1. The Balaban J connectivity index is 2.89. The van der Waals surface area contributed by atoms with Crippen molar-refractivity contribution in [3.05, 3.63) is 35.8 Å². The second-order valence-electron chi connectivity index (χ2n) is 3.01. The van der Waals surface area contributed by atoms with E-state index in [0.29, 0.717) is 0 Å². The van der Waals surface area contributed by atoms with Crippen LogP contribution in [0.1, 0.15) is 5.46 Å². The third-order valence-corrected chi connectivity index (χ3v) is 2.35. The van der Waals surface area contributed by atoms with Gasteiger partial charge in [0.2, 0.25) is 0 Å². The molecule has 1 aromatic heterocycles. The summed E-state index contributed by atoms with van der Waals surface area (Å²) in [7, 11) is 0. The van der Waals surface area contributed by atoms with Crippen molar-refractivity contribution in [3.8, 4) is 0 Å². The van der Waals surface area contributed by atoms with Crippen LogP contribution in [0.4, 0.5) is 0 Å². The molecule has 58 valence electrons. The number of thiol groups is 1. The summed E-state index contributed by atoms with van der Waals surface area (Å²) in [5.41, 5.74) is 1.26. The van der Waals surface area contributed by atoms with E-state index in [2.05, 4.69) is 50.7 Å². The first kappa shape index (κ1) is 7.87. The van der Waals surface area contributed by atoms with E-state index in [1.807, 2.05) is 6.07 Å². The van der Waals surface area contributed by atoms with E-state index in [0.717, 1.165) is 4.90 Å². The van der Waals surface area contributed by atoms with Crippen LogP contribution >= 0.6 is 12.6 Å². The quantitative estimate of drug-likeness (QED) is 0.580. The molecule has 2 heteroatoms. The number of benzene rings is 1. The molecule has 0 saturated heterocycles. The summed E-state index contributed by atoms with van der Waals surface area (Å²) < 4.78 is 0. The summed E-state index contributed by atoms with van der Waals surface area (Å²) in [6, 6.07) is 10.4. The molecule has 0 atom stereocenters. The molecule has 0 nitrogen and oxygen atoms in total. The SMILES string of the molecule is Cc1bc2ccccc2c(S)c1. The van der Waals surface area contributed by atoms with Gasteiger partial charge in [0.1, 0.15) is 0 Å². The third-order valence-electron chi connectivity index (χ3n) is 1.98. The molecule has 2 aromatic rings. The standard InChI is InChI=1S/C10H9BS/c1-7-6-10(12)8-4-2-3-5-9(8)11-7/h2-6,12H,1H3. The zero-order valence-corrected chi connectivity index (χ0v) is 7.81. The molecule has 2 rings (SSSR count). The van der Waals surface area contributed by atoms with Crippen molar-refractivity contribution in [1.82, 2.24) is 0 Å². The van der Waals surface area contributed by atoms with Crippen molar-refractivity contribution < 1.29 is 0 Å². The predicted octanol–water partition coefficient (Wildman–Crippen LogP) is 2.78. The van der Waals surface area contributed by atoms with E-state index in [4.69, 9.17) is 0 Å². The van der Waals surface area contributed by atoms with Gasteiger partial charge in [0.05, 0.1) is 0 Å². The van der Waals surface area contributed by atoms with Crippen LogP contribution in [0.25, 0.3) is 10.7 Å². The molecule has 0 unspecified atom stereocenters. The van der Waals surface area contributed by atoms with E-state index >= 15 is 0 Å². The second kappa shape index (κ2) is 2.94. The zero-order chi connectivity index (χ0) is 8.55. The molecule has 0 saturated carbocycles. The molecule has 0 fully saturated rings. The molecule has 0 aliphatic carbocycles. The van der Waals surface area contributed by atoms with Crippen LogP contribution in [0, 0.1) is 6.92 Å². The van der Waals surface area contributed by atoms with Crippen molar-refractivity contribution >= 4 is 30.2 Å². The fourth-order valence-corrected chi connectivity index (χ4v) is 1.84. The molecular weight excluding hydrogens is 163 g/mol. The van der Waals surface area contributed by atoms with Crippen LogP contribution < -0.4 is 0 Å². The van der Waals surface area contributed by atoms with Gasteiger partial charge in [-0.1, -0.05) is 0 Å². The van der Waals surface area contributed by atoms with Crippen LogP contribution in [-0.2, 0) is 0 Å². The van der Waals surface area contributed by atoms with E-state index in [1.165, 1.54) is 16.1 Å². The fourth-order valence-electron chi connectivity index (χ4n) is 1.44. The minimum atomic E-state index is 1.06. The van der Waals surface area contributed by atoms with Crippen LogP contribution in [0.2, 0.25) is 0 Å². The molecular formula is C10H9BS. The number of aryl methyl sites for hydroxylation is 1. The molecule has 1 aromatic carbocycles. The summed E-state index contributed by atoms with van der Waals surface area (Å²) in [6.07, 6.45) is 0. The van der Waals surface area contributed by atoms with Crippen LogP contribution in [0.3, 0.4) is 0 Å². The summed E-state index contributed by atoms with van der Waals surface area (Å²) in [6.45, 7) is 4.27. The maximum atomic E-state index is 4.42. The molecule has 1 heterocycles. The molecule has 0 aliphatic rings. The Morgan fingerprint density at radius 2 is 2.00 bits per heavy atom. The van der Waals surface area contributed by atoms with E-state index < -0.39 is 0 Å². The van der Waals surface area contributed by atoms with Crippen molar-refractivity contribution in [2.75, 3.05) is 0 Å². The van der Waals surface area contributed by atoms with E-state index in [-0.39, 0.29) is 0 Å². The van der Waals surface area contributed by atoms with E-state index in [1.54, 1.807) is 0 Å². The van der Waals surface area contributed by atoms with Gasteiger partial charge in [0.15, 0.2) is 0 Å². The van der Waals surface area contributed by atoms with Crippen molar-refractivity contribution in [2.45, 2.75) is 11.8 Å². The van der Waals surface area contributed by atoms with Crippen LogP contribution in [0.15, 0.2) is 35.2 Å². The van der Waals surface area contributed by atoms with Crippen molar-refractivity contribution in [2.24, 2.45) is 0 Å². The van der Waals surface area contributed by atoms with Crippen LogP contribution in [0.5, 0.6) is 0 Å². The number of fused-ring (bicyclic) bond motifs is 1. The summed E-state index contributed by atoms with van der Waals surface area (Å²) in [5, 5.41) is 2.49. The third kappa shape index (κ3) is 1.27. The topological polar surface area (TPSA) is 0 Å². The number of hydrogen-bond donors (Lipinski definition) is 1. The first-order valence-electron chi connectivity index (χ1n) is 3.96. The van der Waals surface area contributed by atoms with Gasteiger partial charge in [-0.05, 0) is 0 Å². The van der Waals surface area contributed by atoms with Crippen molar-refractivity contribution in [1.29, 1.82) is 0 Å². The Morgan fingerprint density at radius 3 is 2.83 bits per heavy atom. The average molecular weight is 172 g/mol. The van der Waals surface area contributed by atoms with E-state index in [9.17, 15) is 0 Å². The maximum absolute atomic E-state index is 4.42. The normalized spacial score (nSPS) is 10.2. The van der Waals surface area contributed by atoms with Gasteiger partial charge in [-0.25, -0.2) is 0 Å². The Morgan fingerprint density at radius 1 is 1.25 bits per heavy atom. The molecule has 0 spiro atoms. The fraction of sp³-hybridized carbons (Fsp3) is 0.100. The molecule has 12 heavy (non-hydrogen) atoms. The molecule has 0 amide bonds. The minimum absolute atomic E-state index is 1.06. The molecule has 0 aliphatic heterocycles. The Hall–Kier alpha value is -0.755. The second-order valence-corrected chi connectivity index (χ2v) is 3.49. The molecule has 0 N–H and O–H groups in total. The number of rotatable bonds is 0. The Kier molecular flexibility index (Phi) is 1.93. The zero-order valence-electron chi connectivity index (χ0n) is 6.91.